The molecule has 2 aromatic rings. The number of amides is 1. The van der Waals surface area contributed by atoms with Gasteiger partial charge in [-0.2, -0.15) is 0 Å². The molecule has 2 aliphatic rings. The molecule has 1 aromatic heterocycles. The van der Waals surface area contributed by atoms with Gasteiger partial charge in [0, 0.05) is 18.6 Å². The lowest BCUT2D eigenvalue weighted by atomic mass is 9.86. The van der Waals surface area contributed by atoms with Gasteiger partial charge in [-0.25, -0.2) is 9.89 Å². The number of hydrogen-bond acceptors (Lipinski definition) is 4. The number of H-pyrrole nitrogens is 1. The van der Waals surface area contributed by atoms with Crippen LogP contribution in [0.4, 0.5) is 0 Å². The van der Waals surface area contributed by atoms with Crippen molar-refractivity contribution in [1.82, 2.24) is 19.7 Å². The Labute approximate surface area is 176 Å². The Morgan fingerprint density at radius 1 is 1.14 bits per heavy atom. The number of aryl methyl sites for hydroxylation is 1. The molecule has 0 aliphatic heterocycles. The third-order valence-corrected chi connectivity index (χ3v) is 7.08. The molecule has 7 heteroatoms. The molecule has 1 N–H and O–H groups in total. The monoisotopic (exact) mass is 414 g/mol. The van der Waals surface area contributed by atoms with Gasteiger partial charge < -0.3 is 4.90 Å². The van der Waals surface area contributed by atoms with Gasteiger partial charge in [0.1, 0.15) is 0 Å². The first-order valence-corrected chi connectivity index (χ1v) is 11.7. The van der Waals surface area contributed by atoms with Gasteiger partial charge in [0.2, 0.25) is 5.91 Å². The van der Waals surface area contributed by atoms with E-state index in [0.29, 0.717) is 29.5 Å². The van der Waals surface area contributed by atoms with E-state index in [-0.39, 0.29) is 11.6 Å². The molecular weight excluding hydrogens is 384 g/mol. The van der Waals surface area contributed by atoms with Crippen LogP contribution in [0.5, 0.6) is 0 Å². The molecule has 29 heavy (non-hydrogen) atoms. The molecule has 6 nitrogen and oxygen atoms in total. The van der Waals surface area contributed by atoms with Crippen molar-refractivity contribution in [2.45, 2.75) is 75.7 Å². The van der Waals surface area contributed by atoms with Crippen LogP contribution in [0, 0.1) is 5.92 Å². The van der Waals surface area contributed by atoms with Gasteiger partial charge in [-0.05, 0) is 56.4 Å². The first-order chi connectivity index (χ1) is 14.1. The molecule has 0 unspecified atom stereocenters. The summed E-state index contributed by atoms with van der Waals surface area (Å²) in [5, 5.41) is 7.31. The number of benzene rings is 1. The van der Waals surface area contributed by atoms with E-state index in [0.717, 1.165) is 38.0 Å². The Morgan fingerprint density at radius 3 is 2.45 bits per heavy atom. The number of aromatic nitrogens is 3. The summed E-state index contributed by atoms with van der Waals surface area (Å²) < 4.78 is 1.65. The fourth-order valence-corrected chi connectivity index (χ4v) is 5.12. The third-order valence-electron chi connectivity index (χ3n) is 6.12. The molecule has 0 spiro atoms. The summed E-state index contributed by atoms with van der Waals surface area (Å²) >= 11 is 1.38. The van der Waals surface area contributed by atoms with Crippen LogP contribution in [0.1, 0.15) is 51.0 Å². The highest BCUT2D eigenvalue weighted by atomic mass is 32.2. The summed E-state index contributed by atoms with van der Waals surface area (Å²) in [6.45, 7) is 2.87. The van der Waals surface area contributed by atoms with E-state index in [1.165, 1.54) is 30.2 Å². The largest absolute Gasteiger partial charge is 0.343 e. The van der Waals surface area contributed by atoms with Crippen molar-refractivity contribution in [3.63, 3.8) is 0 Å². The molecular formula is C22H30N4O2S. The highest BCUT2D eigenvalue weighted by molar-refractivity contribution is 7.99. The van der Waals surface area contributed by atoms with E-state index in [4.69, 9.17) is 0 Å². The van der Waals surface area contributed by atoms with Gasteiger partial charge in [0.05, 0.1) is 5.75 Å². The average molecular weight is 415 g/mol. The molecule has 0 atom stereocenters. The van der Waals surface area contributed by atoms with Crippen LogP contribution in [0.15, 0.2) is 40.3 Å². The zero-order chi connectivity index (χ0) is 20.2. The van der Waals surface area contributed by atoms with Crippen molar-refractivity contribution in [3.8, 4) is 0 Å². The van der Waals surface area contributed by atoms with Gasteiger partial charge in [-0.1, -0.05) is 49.0 Å². The van der Waals surface area contributed by atoms with E-state index < -0.39 is 0 Å². The van der Waals surface area contributed by atoms with E-state index in [1.54, 1.807) is 4.57 Å². The van der Waals surface area contributed by atoms with Crippen molar-refractivity contribution in [1.29, 1.82) is 0 Å². The number of hydrogen-bond donors (Lipinski definition) is 1. The van der Waals surface area contributed by atoms with Gasteiger partial charge >= 0.3 is 5.69 Å². The Morgan fingerprint density at radius 2 is 1.79 bits per heavy atom. The summed E-state index contributed by atoms with van der Waals surface area (Å²) in [7, 11) is 0. The number of nitrogens with zero attached hydrogens (tertiary/aromatic N) is 3. The van der Waals surface area contributed by atoms with Crippen LogP contribution in [0.3, 0.4) is 0 Å². The molecule has 4 rings (SSSR count). The summed E-state index contributed by atoms with van der Waals surface area (Å²) in [6.07, 6.45) is 7.70. The van der Waals surface area contributed by atoms with E-state index in [2.05, 4.69) is 34.2 Å². The SMILES string of the molecule is CC1CCC(N(C(=O)CSc2n[nH]c(=O)n2CCc2ccccc2)C2CC2)CC1. The van der Waals surface area contributed by atoms with Gasteiger partial charge in [-0.15, -0.1) is 5.10 Å². The average Bonchev–Trinajstić information content (AvgIpc) is 3.50. The molecule has 1 heterocycles. The van der Waals surface area contributed by atoms with Crippen molar-refractivity contribution in [2.75, 3.05) is 5.75 Å². The molecule has 2 aliphatic carbocycles. The zero-order valence-electron chi connectivity index (χ0n) is 17.0. The highest BCUT2D eigenvalue weighted by Gasteiger charge is 2.38. The summed E-state index contributed by atoms with van der Waals surface area (Å²) in [4.78, 5) is 27.4. The van der Waals surface area contributed by atoms with E-state index in [9.17, 15) is 9.59 Å². The Kier molecular flexibility index (Phi) is 6.43. The summed E-state index contributed by atoms with van der Waals surface area (Å²) in [5.74, 6) is 1.32. The van der Waals surface area contributed by atoms with Crippen LogP contribution < -0.4 is 5.69 Å². The lowest BCUT2D eigenvalue weighted by molar-refractivity contribution is -0.132. The van der Waals surface area contributed by atoms with Gasteiger partial charge in [0.15, 0.2) is 5.16 Å². The van der Waals surface area contributed by atoms with Gasteiger partial charge in [-0.3, -0.25) is 9.36 Å². The van der Waals surface area contributed by atoms with Crippen molar-refractivity contribution >= 4 is 17.7 Å². The van der Waals surface area contributed by atoms with Crippen LogP contribution >= 0.6 is 11.8 Å². The van der Waals surface area contributed by atoms with Crippen molar-refractivity contribution in [2.24, 2.45) is 5.92 Å². The second-order valence-corrected chi connectivity index (χ2v) is 9.38. The standard InChI is InChI=1S/C22H30N4O2S/c1-16-7-9-18(10-8-16)26(19-11-12-19)20(27)15-29-22-24-23-21(28)25(22)14-13-17-5-3-2-4-6-17/h2-6,16,18-19H,7-15H2,1H3,(H,23,28). The predicted molar refractivity (Wildman–Crippen MR) is 115 cm³/mol. The van der Waals surface area contributed by atoms with Crippen LogP contribution in [0.25, 0.3) is 0 Å². The quantitative estimate of drug-likeness (QED) is 0.672. The first kappa shape index (κ1) is 20.3. The number of thioether (sulfide) groups is 1. The second-order valence-electron chi connectivity index (χ2n) is 8.43. The molecule has 0 saturated heterocycles. The van der Waals surface area contributed by atoms with E-state index in [1.807, 2.05) is 18.2 Å². The number of carbonyl (C=O) groups excluding carboxylic acids is 1. The zero-order valence-corrected chi connectivity index (χ0v) is 17.9. The third kappa shape index (κ3) is 5.13. The fraction of sp³-hybridized carbons (Fsp3) is 0.591. The molecule has 1 aromatic carbocycles. The maximum atomic E-state index is 13.1. The second kappa shape index (κ2) is 9.20. The van der Waals surface area contributed by atoms with Gasteiger partial charge in [0.25, 0.3) is 0 Å². The maximum Gasteiger partial charge on any atom is 0.343 e. The fourth-order valence-electron chi connectivity index (χ4n) is 4.28. The molecule has 0 bridgehead atoms. The normalized spacial score (nSPS) is 21.8. The van der Waals surface area contributed by atoms with Crippen LogP contribution in [-0.4, -0.2) is 43.4 Å². The number of carbonyl (C=O) groups is 1. The molecule has 0 radical (unpaired) electrons. The Bertz CT molecular complexity index is 866. The Hall–Kier alpha value is -2.02. The summed E-state index contributed by atoms with van der Waals surface area (Å²) in [5.41, 5.74) is 0.968. The smallest absolute Gasteiger partial charge is 0.336 e. The summed E-state index contributed by atoms with van der Waals surface area (Å²) in [6, 6.07) is 10.9. The highest BCUT2D eigenvalue weighted by Crippen LogP contribution is 2.35. The molecule has 1 amide bonds. The lowest BCUT2D eigenvalue weighted by Crippen LogP contribution is -2.44. The molecule has 2 fully saturated rings. The Balaban J connectivity index is 1.37. The molecule has 156 valence electrons. The van der Waals surface area contributed by atoms with Crippen LogP contribution in [-0.2, 0) is 17.8 Å². The number of aromatic amines is 1. The minimum absolute atomic E-state index is 0.196. The predicted octanol–water partition coefficient (Wildman–Crippen LogP) is 3.48. The minimum atomic E-state index is -0.212. The number of rotatable bonds is 8. The van der Waals surface area contributed by atoms with Crippen LogP contribution in [0.2, 0.25) is 0 Å². The van der Waals surface area contributed by atoms with Crippen molar-refractivity contribution < 1.29 is 4.79 Å². The van der Waals surface area contributed by atoms with E-state index >= 15 is 0 Å². The van der Waals surface area contributed by atoms with Crippen molar-refractivity contribution in [3.05, 3.63) is 46.4 Å². The first-order valence-electron chi connectivity index (χ1n) is 10.7. The maximum absolute atomic E-state index is 13.1. The minimum Gasteiger partial charge on any atom is -0.336 e. The topological polar surface area (TPSA) is 71.0 Å². The number of nitrogens with one attached hydrogen (secondary N) is 1. The lowest BCUT2D eigenvalue weighted by Gasteiger charge is -2.36. The molecule has 2 saturated carbocycles.